The Morgan fingerprint density at radius 3 is 3.00 bits per heavy atom. The highest BCUT2D eigenvalue weighted by Crippen LogP contribution is 2.07. The lowest BCUT2D eigenvalue weighted by molar-refractivity contribution is -0.137. The molecule has 0 saturated heterocycles. The summed E-state index contributed by atoms with van der Waals surface area (Å²) in [7, 11) is 0. The average molecular weight is 154 g/mol. The Balaban J connectivity index is 2.56. The normalized spacial score (nSPS) is 12.8. The van der Waals surface area contributed by atoms with Crippen molar-refractivity contribution < 1.29 is 9.90 Å². The highest BCUT2D eigenvalue weighted by Gasteiger charge is 2.08. The number of nitrogens with zero attached hydrogens (tertiary/aromatic N) is 2. The molecule has 0 fully saturated rings. The Morgan fingerprint density at radius 2 is 2.55 bits per heavy atom. The topological polar surface area (TPSA) is 55.1 Å². The fourth-order valence-corrected chi connectivity index (χ4v) is 0.888. The first-order chi connectivity index (χ1) is 5.20. The zero-order valence-corrected chi connectivity index (χ0v) is 6.27. The van der Waals surface area contributed by atoms with Crippen LogP contribution in [0.25, 0.3) is 0 Å². The molecule has 0 aliphatic carbocycles. The van der Waals surface area contributed by atoms with E-state index in [4.69, 9.17) is 5.11 Å². The van der Waals surface area contributed by atoms with Crippen LogP contribution < -0.4 is 0 Å². The largest absolute Gasteiger partial charge is 0.481 e. The number of hydrogen-bond donors (Lipinski definition) is 1. The lowest BCUT2D eigenvalue weighted by Crippen LogP contribution is -2.10. The molecule has 1 rings (SSSR count). The van der Waals surface area contributed by atoms with Gasteiger partial charge in [0.1, 0.15) is 0 Å². The summed E-state index contributed by atoms with van der Waals surface area (Å²) in [5, 5.41) is 12.4. The summed E-state index contributed by atoms with van der Waals surface area (Å²) in [6, 6.07) is 1.71. The fraction of sp³-hybridized carbons (Fsp3) is 0.429. The van der Waals surface area contributed by atoms with E-state index in [0.29, 0.717) is 0 Å². The Labute approximate surface area is 64.5 Å². The van der Waals surface area contributed by atoms with Gasteiger partial charge in [0.25, 0.3) is 0 Å². The first-order valence-electron chi connectivity index (χ1n) is 3.41. The summed E-state index contributed by atoms with van der Waals surface area (Å²) in [4.78, 5) is 10.3. The number of aliphatic carboxylic acids is 1. The minimum absolute atomic E-state index is 0.0671. The van der Waals surface area contributed by atoms with E-state index < -0.39 is 5.97 Å². The van der Waals surface area contributed by atoms with Crippen molar-refractivity contribution in [1.82, 2.24) is 9.78 Å². The minimum Gasteiger partial charge on any atom is -0.481 e. The first-order valence-corrected chi connectivity index (χ1v) is 3.41. The molecular formula is C7H10N2O2. The number of carboxylic acids is 1. The monoisotopic (exact) mass is 154 g/mol. The summed E-state index contributed by atoms with van der Waals surface area (Å²) in [5.41, 5.74) is 0. The molecule has 1 atom stereocenters. The molecule has 1 unspecified atom stereocenters. The molecule has 4 nitrogen and oxygen atoms in total. The Morgan fingerprint density at radius 1 is 1.82 bits per heavy atom. The lowest BCUT2D eigenvalue weighted by Gasteiger charge is -2.07. The van der Waals surface area contributed by atoms with Crippen LogP contribution in [-0.4, -0.2) is 20.9 Å². The Bertz CT molecular complexity index is 231. The smallest absolute Gasteiger partial charge is 0.305 e. The van der Waals surface area contributed by atoms with Gasteiger partial charge in [0.05, 0.1) is 12.5 Å². The molecule has 0 aliphatic rings. The van der Waals surface area contributed by atoms with Crippen LogP contribution in [0.4, 0.5) is 0 Å². The van der Waals surface area contributed by atoms with Gasteiger partial charge in [0, 0.05) is 12.4 Å². The molecule has 60 valence electrons. The number of hydrogen-bond acceptors (Lipinski definition) is 2. The van der Waals surface area contributed by atoms with Gasteiger partial charge in [-0.1, -0.05) is 0 Å². The maximum absolute atomic E-state index is 10.3. The van der Waals surface area contributed by atoms with Crippen LogP contribution in [0.5, 0.6) is 0 Å². The zero-order chi connectivity index (χ0) is 8.27. The van der Waals surface area contributed by atoms with Crippen molar-refractivity contribution >= 4 is 5.97 Å². The van der Waals surface area contributed by atoms with Crippen LogP contribution in [-0.2, 0) is 4.79 Å². The van der Waals surface area contributed by atoms with Crippen molar-refractivity contribution in [2.75, 3.05) is 0 Å². The zero-order valence-electron chi connectivity index (χ0n) is 6.27. The van der Waals surface area contributed by atoms with Gasteiger partial charge >= 0.3 is 5.97 Å². The van der Waals surface area contributed by atoms with Crippen molar-refractivity contribution in [1.29, 1.82) is 0 Å². The average Bonchev–Trinajstić information content (AvgIpc) is 2.35. The first kappa shape index (κ1) is 7.78. The Kier molecular flexibility index (Phi) is 2.25. The second-order valence-electron chi connectivity index (χ2n) is 2.43. The van der Waals surface area contributed by atoms with Crippen LogP contribution in [0.1, 0.15) is 19.4 Å². The van der Waals surface area contributed by atoms with E-state index in [1.165, 1.54) is 0 Å². The van der Waals surface area contributed by atoms with Gasteiger partial charge in [-0.2, -0.15) is 5.10 Å². The summed E-state index contributed by atoms with van der Waals surface area (Å²) in [6.07, 6.45) is 3.51. The fourth-order valence-electron chi connectivity index (χ4n) is 0.888. The predicted molar refractivity (Wildman–Crippen MR) is 39.2 cm³/mol. The van der Waals surface area contributed by atoms with E-state index >= 15 is 0 Å². The van der Waals surface area contributed by atoms with E-state index in [1.807, 2.05) is 6.92 Å². The number of aromatic nitrogens is 2. The Hall–Kier alpha value is -1.32. The van der Waals surface area contributed by atoms with E-state index in [2.05, 4.69) is 5.10 Å². The van der Waals surface area contributed by atoms with Gasteiger partial charge in [-0.25, -0.2) is 0 Å². The molecule has 1 aromatic rings. The van der Waals surface area contributed by atoms with Crippen molar-refractivity contribution in [2.45, 2.75) is 19.4 Å². The van der Waals surface area contributed by atoms with Gasteiger partial charge in [-0.3, -0.25) is 9.48 Å². The SMILES string of the molecule is CC(CC(=O)O)n1cccn1. The number of rotatable bonds is 3. The molecule has 0 bridgehead atoms. The second-order valence-corrected chi connectivity index (χ2v) is 2.43. The number of carbonyl (C=O) groups is 1. The summed E-state index contributed by atoms with van der Waals surface area (Å²) >= 11 is 0. The van der Waals surface area contributed by atoms with E-state index in [0.717, 1.165) is 0 Å². The van der Waals surface area contributed by atoms with Crippen molar-refractivity contribution in [2.24, 2.45) is 0 Å². The van der Waals surface area contributed by atoms with E-state index in [1.54, 1.807) is 23.1 Å². The third-order valence-electron chi connectivity index (χ3n) is 1.45. The highest BCUT2D eigenvalue weighted by molar-refractivity contribution is 5.67. The van der Waals surface area contributed by atoms with Crippen LogP contribution in [0, 0.1) is 0 Å². The molecule has 0 amide bonds. The third-order valence-corrected chi connectivity index (χ3v) is 1.45. The molecule has 1 heterocycles. The standard InChI is InChI=1S/C7H10N2O2/c1-6(5-7(10)11)9-4-2-3-8-9/h2-4,6H,5H2,1H3,(H,10,11). The van der Waals surface area contributed by atoms with Gasteiger partial charge in [0.2, 0.25) is 0 Å². The predicted octanol–water partition coefficient (Wildman–Crippen LogP) is 0.919. The molecule has 0 aromatic carbocycles. The maximum Gasteiger partial charge on any atom is 0.305 e. The van der Waals surface area contributed by atoms with Crippen molar-refractivity contribution in [3.63, 3.8) is 0 Å². The molecule has 4 heteroatoms. The second kappa shape index (κ2) is 3.18. The number of carboxylic acid groups (broad SMARTS) is 1. The van der Waals surface area contributed by atoms with Gasteiger partial charge < -0.3 is 5.11 Å². The molecule has 0 spiro atoms. The molecule has 11 heavy (non-hydrogen) atoms. The van der Waals surface area contributed by atoms with E-state index in [9.17, 15) is 4.79 Å². The van der Waals surface area contributed by atoms with Crippen LogP contribution in [0.3, 0.4) is 0 Å². The van der Waals surface area contributed by atoms with E-state index in [-0.39, 0.29) is 12.5 Å². The van der Waals surface area contributed by atoms with Gasteiger partial charge in [0.15, 0.2) is 0 Å². The molecule has 0 saturated carbocycles. The molecule has 0 aliphatic heterocycles. The van der Waals surface area contributed by atoms with Gasteiger partial charge in [-0.05, 0) is 13.0 Å². The maximum atomic E-state index is 10.3. The molecule has 0 radical (unpaired) electrons. The quantitative estimate of drug-likeness (QED) is 0.704. The van der Waals surface area contributed by atoms with Crippen molar-refractivity contribution in [3.05, 3.63) is 18.5 Å². The van der Waals surface area contributed by atoms with Crippen LogP contribution >= 0.6 is 0 Å². The van der Waals surface area contributed by atoms with Gasteiger partial charge in [-0.15, -0.1) is 0 Å². The molecular weight excluding hydrogens is 144 g/mol. The highest BCUT2D eigenvalue weighted by atomic mass is 16.4. The third kappa shape index (κ3) is 2.07. The summed E-state index contributed by atoms with van der Waals surface area (Å²) in [5.74, 6) is -0.798. The summed E-state index contributed by atoms with van der Waals surface area (Å²) in [6.45, 7) is 1.82. The van der Waals surface area contributed by atoms with Crippen molar-refractivity contribution in [3.8, 4) is 0 Å². The lowest BCUT2D eigenvalue weighted by atomic mass is 10.2. The van der Waals surface area contributed by atoms with Crippen LogP contribution in [0.2, 0.25) is 0 Å². The molecule has 1 N–H and O–H groups in total. The van der Waals surface area contributed by atoms with Crippen LogP contribution in [0.15, 0.2) is 18.5 Å². The summed E-state index contributed by atoms with van der Waals surface area (Å²) < 4.78 is 1.63. The molecule has 1 aromatic heterocycles. The minimum atomic E-state index is -0.798.